The molecule has 0 saturated heterocycles. The predicted octanol–water partition coefficient (Wildman–Crippen LogP) is 0.486. The van der Waals surface area contributed by atoms with Crippen molar-refractivity contribution < 1.29 is 19.1 Å². The summed E-state index contributed by atoms with van der Waals surface area (Å²) in [5.74, 6) is -1.03. The van der Waals surface area contributed by atoms with Crippen molar-refractivity contribution in [1.29, 1.82) is 0 Å². The third-order valence-electron chi connectivity index (χ3n) is 1.15. The Bertz CT molecular complexity index is 205. The van der Waals surface area contributed by atoms with E-state index in [1.165, 1.54) is 6.92 Å². The van der Waals surface area contributed by atoms with Crippen LogP contribution in [0.4, 0.5) is 0 Å². The smallest absolute Gasteiger partial charge is 0.303 e. The maximum atomic E-state index is 10.6. The summed E-state index contributed by atoms with van der Waals surface area (Å²) in [6.07, 6.45) is 0.154. The third kappa shape index (κ3) is 4.60. The predicted molar refractivity (Wildman–Crippen MR) is 41.5 cm³/mol. The van der Waals surface area contributed by atoms with Gasteiger partial charge in [0.2, 0.25) is 0 Å². The fourth-order valence-corrected chi connectivity index (χ4v) is 0.886. The molecule has 0 spiro atoms. The van der Waals surface area contributed by atoms with Crippen LogP contribution in [0.15, 0.2) is 0 Å². The lowest BCUT2D eigenvalue weighted by atomic mass is 10.0. The van der Waals surface area contributed by atoms with Crippen molar-refractivity contribution in [2.24, 2.45) is 0 Å². The summed E-state index contributed by atoms with van der Waals surface area (Å²) < 4.78 is 4.79. The minimum Gasteiger partial charge on any atom is -0.459 e. The monoisotopic (exact) mass is 172 g/mol. The van der Waals surface area contributed by atoms with Crippen molar-refractivity contribution in [3.63, 3.8) is 0 Å². The fourth-order valence-electron chi connectivity index (χ4n) is 0.886. The zero-order valence-corrected chi connectivity index (χ0v) is 7.42. The van der Waals surface area contributed by atoms with Crippen LogP contribution in [0.3, 0.4) is 0 Å². The second kappa shape index (κ2) is 3.99. The van der Waals surface area contributed by atoms with Crippen LogP contribution in [0.25, 0.3) is 0 Å². The SMILES string of the molecule is CC(=O)OC(C)(C)CC(=O)C=O. The quantitative estimate of drug-likeness (QED) is 0.351. The Labute approximate surface area is 70.9 Å². The lowest BCUT2D eigenvalue weighted by Crippen LogP contribution is -2.30. The molecule has 4 heteroatoms. The van der Waals surface area contributed by atoms with E-state index >= 15 is 0 Å². The number of ketones is 1. The van der Waals surface area contributed by atoms with Crippen molar-refractivity contribution in [3.8, 4) is 0 Å². The normalized spacial score (nSPS) is 10.6. The zero-order valence-electron chi connectivity index (χ0n) is 7.42. The summed E-state index contributed by atoms with van der Waals surface area (Å²) in [6, 6.07) is 0. The molecule has 0 aliphatic rings. The van der Waals surface area contributed by atoms with Crippen LogP contribution in [0, 0.1) is 0 Å². The van der Waals surface area contributed by atoms with E-state index in [1.807, 2.05) is 0 Å². The summed E-state index contributed by atoms with van der Waals surface area (Å²) >= 11 is 0. The number of carbonyl (C=O) groups excluding carboxylic acids is 3. The Balaban J connectivity index is 4.11. The molecule has 0 atom stereocenters. The van der Waals surface area contributed by atoms with E-state index in [1.54, 1.807) is 13.8 Å². The standard InChI is InChI=1S/C8H12O4/c1-6(10)12-8(2,3)4-7(11)5-9/h5H,4H2,1-3H3. The molecular weight excluding hydrogens is 160 g/mol. The van der Waals surface area contributed by atoms with Gasteiger partial charge in [0.25, 0.3) is 0 Å². The number of rotatable bonds is 4. The van der Waals surface area contributed by atoms with Crippen molar-refractivity contribution >= 4 is 18.0 Å². The zero-order chi connectivity index (χ0) is 9.78. The number of esters is 1. The molecule has 0 radical (unpaired) electrons. The first kappa shape index (κ1) is 10.8. The van der Waals surface area contributed by atoms with E-state index in [-0.39, 0.29) is 12.7 Å². The van der Waals surface area contributed by atoms with Gasteiger partial charge in [-0.2, -0.15) is 0 Å². The Morgan fingerprint density at radius 3 is 2.25 bits per heavy atom. The molecule has 0 unspecified atom stereocenters. The molecule has 0 aliphatic carbocycles. The van der Waals surface area contributed by atoms with Crippen LogP contribution in [-0.2, 0) is 19.1 Å². The van der Waals surface area contributed by atoms with Gasteiger partial charge in [-0.3, -0.25) is 14.4 Å². The second-order valence-corrected chi connectivity index (χ2v) is 3.11. The highest BCUT2D eigenvalue weighted by Gasteiger charge is 2.24. The van der Waals surface area contributed by atoms with Crippen molar-refractivity contribution in [1.82, 2.24) is 0 Å². The number of ether oxygens (including phenoxy) is 1. The van der Waals surface area contributed by atoms with E-state index in [0.717, 1.165) is 0 Å². The highest BCUT2D eigenvalue weighted by molar-refractivity contribution is 6.25. The number of aldehydes is 1. The van der Waals surface area contributed by atoms with E-state index in [4.69, 9.17) is 4.74 Å². The lowest BCUT2D eigenvalue weighted by Gasteiger charge is -2.22. The van der Waals surface area contributed by atoms with E-state index < -0.39 is 17.4 Å². The van der Waals surface area contributed by atoms with Gasteiger partial charge in [-0.15, -0.1) is 0 Å². The van der Waals surface area contributed by atoms with Crippen molar-refractivity contribution in [2.45, 2.75) is 32.8 Å². The first-order valence-electron chi connectivity index (χ1n) is 3.55. The van der Waals surface area contributed by atoms with Gasteiger partial charge in [-0.05, 0) is 13.8 Å². The van der Waals surface area contributed by atoms with Crippen LogP contribution in [0.2, 0.25) is 0 Å². The molecule has 0 aliphatic heterocycles. The number of hydrogen-bond donors (Lipinski definition) is 0. The molecule has 0 fully saturated rings. The summed E-state index contributed by atoms with van der Waals surface area (Å²) in [5, 5.41) is 0. The maximum Gasteiger partial charge on any atom is 0.303 e. The summed E-state index contributed by atoms with van der Waals surface area (Å²) in [6.45, 7) is 4.42. The fraction of sp³-hybridized carbons (Fsp3) is 0.625. The number of Topliss-reactive ketones (excluding diaryl/α,β-unsaturated/α-hetero) is 1. The van der Waals surface area contributed by atoms with Crippen molar-refractivity contribution in [3.05, 3.63) is 0 Å². The maximum absolute atomic E-state index is 10.6. The Hall–Kier alpha value is -1.19. The molecule has 0 rings (SSSR count). The van der Waals surface area contributed by atoms with E-state index in [0.29, 0.717) is 0 Å². The molecular formula is C8H12O4. The lowest BCUT2D eigenvalue weighted by molar-refractivity contribution is -0.155. The first-order valence-corrected chi connectivity index (χ1v) is 3.55. The molecule has 0 saturated carbocycles. The van der Waals surface area contributed by atoms with Gasteiger partial charge in [0, 0.05) is 6.92 Å². The van der Waals surface area contributed by atoms with Crippen LogP contribution >= 0.6 is 0 Å². The summed E-state index contributed by atoms with van der Waals surface area (Å²) in [5.41, 5.74) is -0.885. The molecule has 4 nitrogen and oxygen atoms in total. The topological polar surface area (TPSA) is 60.4 Å². The Morgan fingerprint density at radius 1 is 1.42 bits per heavy atom. The van der Waals surface area contributed by atoms with Gasteiger partial charge in [0.1, 0.15) is 5.60 Å². The summed E-state index contributed by atoms with van der Waals surface area (Å²) in [7, 11) is 0. The summed E-state index contributed by atoms with van der Waals surface area (Å²) in [4.78, 5) is 31.1. The number of carbonyl (C=O) groups is 3. The molecule has 0 aromatic carbocycles. The average molecular weight is 172 g/mol. The van der Waals surface area contributed by atoms with Crippen LogP contribution in [0.5, 0.6) is 0 Å². The molecule has 0 amide bonds. The van der Waals surface area contributed by atoms with Gasteiger partial charge < -0.3 is 4.74 Å². The highest BCUT2D eigenvalue weighted by atomic mass is 16.6. The molecule has 0 aromatic heterocycles. The van der Waals surface area contributed by atoms with Crippen molar-refractivity contribution in [2.75, 3.05) is 0 Å². The Kier molecular flexibility index (Phi) is 3.60. The molecule has 12 heavy (non-hydrogen) atoms. The average Bonchev–Trinajstić information content (AvgIpc) is 1.83. The van der Waals surface area contributed by atoms with E-state index in [2.05, 4.69) is 0 Å². The van der Waals surface area contributed by atoms with Gasteiger partial charge in [-0.25, -0.2) is 0 Å². The third-order valence-corrected chi connectivity index (χ3v) is 1.15. The molecule has 0 heterocycles. The van der Waals surface area contributed by atoms with E-state index in [9.17, 15) is 14.4 Å². The molecule has 0 aromatic rings. The minimum atomic E-state index is -0.885. The van der Waals surface area contributed by atoms with Gasteiger partial charge in [0.05, 0.1) is 6.42 Å². The largest absolute Gasteiger partial charge is 0.459 e. The first-order chi connectivity index (χ1) is 5.37. The molecule has 68 valence electrons. The second-order valence-electron chi connectivity index (χ2n) is 3.11. The Morgan fingerprint density at radius 2 is 1.92 bits per heavy atom. The van der Waals surface area contributed by atoms with Crippen LogP contribution in [0.1, 0.15) is 27.2 Å². The molecule has 0 bridgehead atoms. The minimum absolute atomic E-state index is 0.0733. The van der Waals surface area contributed by atoms with Gasteiger partial charge in [-0.1, -0.05) is 0 Å². The van der Waals surface area contributed by atoms with Crippen LogP contribution in [-0.4, -0.2) is 23.6 Å². The highest BCUT2D eigenvalue weighted by Crippen LogP contribution is 2.14. The number of hydrogen-bond acceptors (Lipinski definition) is 4. The molecule has 0 N–H and O–H groups in total. The van der Waals surface area contributed by atoms with Gasteiger partial charge in [0.15, 0.2) is 12.1 Å². The van der Waals surface area contributed by atoms with Crippen LogP contribution < -0.4 is 0 Å². The van der Waals surface area contributed by atoms with Gasteiger partial charge >= 0.3 is 5.97 Å².